The van der Waals surface area contributed by atoms with Crippen LogP contribution < -0.4 is 10.6 Å². The van der Waals surface area contributed by atoms with Gasteiger partial charge in [-0.2, -0.15) is 0 Å². The van der Waals surface area contributed by atoms with Crippen molar-refractivity contribution in [1.29, 1.82) is 0 Å². The van der Waals surface area contributed by atoms with Crippen LogP contribution in [-0.2, 0) is 4.79 Å². The third-order valence-electron chi connectivity index (χ3n) is 4.66. The number of rotatable bonds is 4. The summed E-state index contributed by atoms with van der Waals surface area (Å²) in [7, 11) is 0. The van der Waals surface area contributed by atoms with Crippen LogP contribution in [-0.4, -0.2) is 66.9 Å². The van der Waals surface area contributed by atoms with E-state index in [1.165, 1.54) is 0 Å². The molecule has 0 saturated carbocycles. The molecule has 1 atom stereocenters. The molecule has 6 nitrogen and oxygen atoms in total. The molecule has 0 bridgehead atoms. The average molecular weight is 385 g/mol. The first-order valence-corrected chi connectivity index (χ1v) is 9.28. The SMILES string of the molecule is O=C(CN1CCN(C(=O)Nc2ccc(Cl)cc2Cl)CC1)[C@@H]1CCCN1. The molecular formula is C17H22Cl2N4O2. The van der Waals surface area contributed by atoms with Crippen molar-refractivity contribution in [3.05, 3.63) is 28.2 Å². The van der Waals surface area contributed by atoms with Crippen LogP contribution in [0.1, 0.15) is 12.8 Å². The molecule has 0 spiro atoms. The maximum Gasteiger partial charge on any atom is 0.321 e. The highest BCUT2D eigenvalue weighted by Crippen LogP contribution is 2.25. The van der Waals surface area contributed by atoms with Gasteiger partial charge >= 0.3 is 6.03 Å². The minimum absolute atomic E-state index is 0.00775. The first kappa shape index (κ1) is 18.5. The summed E-state index contributed by atoms with van der Waals surface area (Å²) in [6, 6.07) is 4.79. The quantitative estimate of drug-likeness (QED) is 0.836. The molecule has 0 aliphatic carbocycles. The van der Waals surface area contributed by atoms with E-state index >= 15 is 0 Å². The van der Waals surface area contributed by atoms with Crippen LogP contribution in [0.4, 0.5) is 10.5 Å². The molecule has 2 N–H and O–H groups in total. The van der Waals surface area contributed by atoms with Crippen LogP contribution in [0.25, 0.3) is 0 Å². The molecule has 2 fully saturated rings. The maximum absolute atomic E-state index is 12.4. The number of ketones is 1. The molecule has 0 aromatic heterocycles. The van der Waals surface area contributed by atoms with Gasteiger partial charge in [-0.25, -0.2) is 4.79 Å². The Morgan fingerprint density at radius 1 is 1.20 bits per heavy atom. The Kier molecular flexibility index (Phi) is 6.17. The summed E-state index contributed by atoms with van der Waals surface area (Å²) in [6.45, 7) is 3.94. The molecule has 2 saturated heterocycles. The van der Waals surface area contributed by atoms with E-state index in [0.717, 1.165) is 19.4 Å². The van der Waals surface area contributed by atoms with Gasteiger partial charge in [0.1, 0.15) is 0 Å². The predicted molar refractivity (Wildman–Crippen MR) is 99.5 cm³/mol. The molecule has 0 radical (unpaired) electrons. The summed E-state index contributed by atoms with van der Waals surface area (Å²) in [5.41, 5.74) is 0.543. The molecule has 25 heavy (non-hydrogen) atoms. The molecule has 1 aromatic carbocycles. The lowest BCUT2D eigenvalue weighted by Crippen LogP contribution is -2.52. The Bertz CT molecular complexity index is 642. The average Bonchev–Trinajstić information content (AvgIpc) is 3.13. The number of amides is 2. The zero-order chi connectivity index (χ0) is 17.8. The standard InChI is InChI=1S/C17H22Cl2N4O2/c18-12-3-4-14(13(19)10-12)21-17(25)23-8-6-22(7-9-23)11-16(24)15-2-1-5-20-15/h3-4,10,15,20H,1-2,5-9,11H2,(H,21,25)/t15-/m0/s1. The number of nitrogens with zero attached hydrogens (tertiary/aromatic N) is 2. The van der Waals surface area contributed by atoms with Crippen molar-refractivity contribution in [2.75, 3.05) is 44.6 Å². The van der Waals surface area contributed by atoms with E-state index in [2.05, 4.69) is 15.5 Å². The van der Waals surface area contributed by atoms with Gasteiger partial charge in [0.25, 0.3) is 0 Å². The number of anilines is 1. The molecule has 2 amide bonds. The van der Waals surface area contributed by atoms with E-state index in [9.17, 15) is 9.59 Å². The van der Waals surface area contributed by atoms with E-state index in [0.29, 0.717) is 48.5 Å². The second-order valence-corrected chi connectivity index (χ2v) is 7.28. The highest BCUT2D eigenvalue weighted by atomic mass is 35.5. The number of piperazine rings is 1. The second-order valence-electron chi connectivity index (χ2n) is 6.43. The molecule has 8 heteroatoms. The third kappa shape index (κ3) is 4.85. The van der Waals surface area contributed by atoms with Gasteiger partial charge in [0.05, 0.1) is 23.3 Å². The fourth-order valence-corrected chi connectivity index (χ4v) is 3.64. The summed E-state index contributed by atoms with van der Waals surface area (Å²) in [5, 5.41) is 6.98. The Labute approximate surface area is 157 Å². The van der Waals surface area contributed by atoms with Crippen molar-refractivity contribution in [2.45, 2.75) is 18.9 Å². The van der Waals surface area contributed by atoms with E-state index < -0.39 is 0 Å². The van der Waals surface area contributed by atoms with E-state index in [1.54, 1.807) is 23.1 Å². The van der Waals surface area contributed by atoms with E-state index in [4.69, 9.17) is 23.2 Å². The van der Waals surface area contributed by atoms with E-state index in [1.807, 2.05) is 0 Å². The van der Waals surface area contributed by atoms with Crippen molar-refractivity contribution < 1.29 is 9.59 Å². The van der Waals surface area contributed by atoms with Gasteiger partial charge in [-0.3, -0.25) is 9.69 Å². The number of hydrogen-bond donors (Lipinski definition) is 2. The van der Waals surface area contributed by atoms with Gasteiger partial charge in [-0.05, 0) is 37.6 Å². The van der Waals surface area contributed by atoms with Gasteiger partial charge < -0.3 is 15.5 Å². The summed E-state index contributed by atoms with van der Waals surface area (Å²) >= 11 is 11.9. The molecule has 3 rings (SSSR count). The van der Waals surface area contributed by atoms with E-state index in [-0.39, 0.29) is 17.9 Å². The van der Waals surface area contributed by atoms with Gasteiger partial charge in [0.15, 0.2) is 5.78 Å². The smallest absolute Gasteiger partial charge is 0.321 e. The summed E-state index contributed by atoms with van der Waals surface area (Å²) < 4.78 is 0. The molecule has 2 aliphatic heterocycles. The van der Waals surface area contributed by atoms with Crippen LogP contribution in [0.15, 0.2) is 18.2 Å². The first-order chi connectivity index (χ1) is 12.0. The third-order valence-corrected chi connectivity index (χ3v) is 5.21. The number of halogens is 2. The van der Waals surface area contributed by atoms with Gasteiger partial charge in [0.2, 0.25) is 0 Å². The summed E-state index contributed by atoms with van der Waals surface area (Å²) in [6.07, 6.45) is 2.00. The lowest BCUT2D eigenvalue weighted by Gasteiger charge is -2.34. The number of carbonyl (C=O) groups excluding carboxylic acids is 2. The van der Waals surface area contributed by atoms with Crippen LogP contribution in [0, 0.1) is 0 Å². The van der Waals surface area contributed by atoms with Crippen molar-refractivity contribution in [3.63, 3.8) is 0 Å². The predicted octanol–water partition coefficient (Wildman–Crippen LogP) is 2.46. The highest BCUT2D eigenvalue weighted by Gasteiger charge is 2.27. The topological polar surface area (TPSA) is 64.7 Å². The van der Waals surface area contributed by atoms with Crippen molar-refractivity contribution >= 4 is 40.7 Å². The number of hydrogen-bond acceptors (Lipinski definition) is 4. The van der Waals surface area contributed by atoms with Crippen molar-refractivity contribution in [3.8, 4) is 0 Å². The minimum Gasteiger partial charge on any atom is -0.322 e. The highest BCUT2D eigenvalue weighted by molar-refractivity contribution is 6.36. The Morgan fingerprint density at radius 3 is 2.60 bits per heavy atom. The zero-order valence-corrected chi connectivity index (χ0v) is 15.4. The van der Waals surface area contributed by atoms with Crippen molar-refractivity contribution in [1.82, 2.24) is 15.1 Å². The summed E-state index contributed by atoms with van der Waals surface area (Å²) in [5.74, 6) is 0.253. The number of Topliss-reactive ketones (excluding diaryl/α,β-unsaturated/α-hetero) is 1. The fourth-order valence-electron chi connectivity index (χ4n) is 3.18. The minimum atomic E-state index is -0.187. The summed E-state index contributed by atoms with van der Waals surface area (Å²) in [4.78, 5) is 28.4. The number of carbonyl (C=O) groups is 2. The Morgan fingerprint density at radius 2 is 1.96 bits per heavy atom. The molecule has 1 aromatic rings. The van der Waals surface area contributed by atoms with Gasteiger partial charge in [0, 0.05) is 31.2 Å². The lowest BCUT2D eigenvalue weighted by molar-refractivity contribution is -0.122. The fraction of sp³-hybridized carbons (Fsp3) is 0.529. The monoisotopic (exact) mass is 384 g/mol. The van der Waals surface area contributed by atoms with Crippen LogP contribution in [0.2, 0.25) is 10.0 Å². The molecule has 2 heterocycles. The zero-order valence-electron chi connectivity index (χ0n) is 13.9. The molecular weight excluding hydrogens is 363 g/mol. The van der Waals surface area contributed by atoms with Crippen LogP contribution in [0.3, 0.4) is 0 Å². The van der Waals surface area contributed by atoms with Crippen molar-refractivity contribution in [2.24, 2.45) is 0 Å². The normalized spacial score (nSPS) is 21.4. The van der Waals surface area contributed by atoms with Crippen LogP contribution in [0.5, 0.6) is 0 Å². The number of urea groups is 1. The second kappa shape index (κ2) is 8.36. The maximum atomic E-state index is 12.4. The number of nitrogens with one attached hydrogen (secondary N) is 2. The molecule has 0 unspecified atom stereocenters. The largest absolute Gasteiger partial charge is 0.322 e. The number of benzene rings is 1. The molecule has 2 aliphatic rings. The Balaban J connectivity index is 1.46. The van der Waals surface area contributed by atoms with Gasteiger partial charge in [-0.1, -0.05) is 23.2 Å². The molecule has 136 valence electrons. The Hall–Kier alpha value is -1.34. The first-order valence-electron chi connectivity index (χ1n) is 8.52. The lowest BCUT2D eigenvalue weighted by atomic mass is 10.1. The van der Waals surface area contributed by atoms with Gasteiger partial charge in [-0.15, -0.1) is 0 Å². The van der Waals surface area contributed by atoms with Crippen LogP contribution >= 0.6 is 23.2 Å².